The highest BCUT2D eigenvalue weighted by atomic mass is 19.4. The van der Waals surface area contributed by atoms with E-state index in [9.17, 15) is 18.0 Å². The monoisotopic (exact) mass is 329 g/mol. The second kappa shape index (κ2) is 7.81. The first-order valence-electron chi connectivity index (χ1n) is 7.93. The summed E-state index contributed by atoms with van der Waals surface area (Å²) in [6, 6.07) is 7.37. The normalized spacial score (nSPS) is 21.9. The van der Waals surface area contributed by atoms with Crippen molar-refractivity contribution >= 4 is 5.91 Å². The molecule has 1 aliphatic carbocycles. The number of halogens is 3. The van der Waals surface area contributed by atoms with Crippen molar-refractivity contribution in [3.05, 3.63) is 35.4 Å². The summed E-state index contributed by atoms with van der Waals surface area (Å²) < 4.78 is 38.3. The lowest BCUT2D eigenvalue weighted by Crippen LogP contribution is -2.38. The maximum absolute atomic E-state index is 12.8. The molecule has 128 valence electrons. The van der Waals surface area contributed by atoms with Crippen molar-refractivity contribution in [2.24, 2.45) is 11.8 Å². The first-order valence-corrected chi connectivity index (χ1v) is 7.93. The fourth-order valence-electron chi connectivity index (χ4n) is 3.01. The highest BCUT2D eigenvalue weighted by molar-refractivity contribution is 5.78. The maximum Gasteiger partial charge on any atom is 0.391 e. The van der Waals surface area contributed by atoms with Gasteiger partial charge in [0, 0.05) is 12.5 Å². The highest BCUT2D eigenvalue weighted by Gasteiger charge is 2.43. The molecule has 2 N–H and O–H groups in total. The summed E-state index contributed by atoms with van der Waals surface area (Å²) >= 11 is 0. The molecule has 0 radical (unpaired) electrons. The Hall–Kier alpha value is -1.56. The zero-order valence-corrected chi connectivity index (χ0v) is 12.9. The third kappa shape index (κ3) is 5.23. The second-order valence-electron chi connectivity index (χ2n) is 6.12. The minimum atomic E-state index is -4.20. The van der Waals surface area contributed by atoms with Crippen LogP contribution in [0.2, 0.25) is 0 Å². The lowest BCUT2D eigenvalue weighted by Gasteiger charge is -2.29. The van der Waals surface area contributed by atoms with E-state index in [1.807, 2.05) is 24.3 Å². The Labute approximate surface area is 133 Å². The third-order valence-corrected chi connectivity index (χ3v) is 4.43. The summed E-state index contributed by atoms with van der Waals surface area (Å²) in [5, 5.41) is 11.7. The quantitative estimate of drug-likeness (QED) is 0.871. The van der Waals surface area contributed by atoms with Gasteiger partial charge in [-0.25, -0.2) is 0 Å². The summed E-state index contributed by atoms with van der Waals surface area (Å²) in [6.07, 6.45) is -2.57. The minimum Gasteiger partial charge on any atom is -0.392 e. The number of rotatable bonds is 5. The zero-order valence-electron chi connectivity index (χ0n) is 12.9. The molecule has 1 aromatic carbocycles. The predicted molar refractivity (Wildman–Crippen MR) is 80.6 cm³/mol. The van der Waals surface area contributed by atoms with Gasteiger partial charge in [0.1, 0.15) is 0 Å². The Kier molecular flexibility index (Phi) is 6.04. The van der Waals surface area contributed by atoms with Crippen LogP contribution in [0, 0.1) is 11.8 Å². The van der Waals surface area contributed by atoms with Crippen molar-refractivity contribution in [1.82, 2.24) is 5.32 Å². The van der Waals surface area contributed by atoms with E-state index in [-0.39, 0.29) is 25.4 Å². The molecule has 6 heteroatoms. The minimum absolute atomic E-state index is 0.0148. The molecule has 23 heavy (non-hydrogen) atoms. The van der Waals surface area contributed by atoms with E-state index < -0.39 is 18.0 Å². The second-order valence-corrected chi connectivity index (χ2v) is 6.12. The van der Waals surface area contributed by atoms with E-state index in [1.165, 1.54) is 0 Å². The van der Waals surface area contributed by atoms with Gasteiger partial charge in [-0.1, -0.05) is 30.7 Å². The average molecular weight is 329 g/mol. The highest BCUT2D eigenvalue weighted by Crippen LogP contribution is 2.39. The molecule has 3 nitrogen and oxygen atoms in total. The zero-order chi connectivity index (χ0) is 16.9. The molecule has 0 bridgehead atoms. The van der Waals surface area contributed by atoms with Crippen LogP contribution >= 0.6 is 0 Å². The average Bonchev–Trinajstić information content (AvgIpc) is 2.54. The lowest BCUT2D eigenvalue weighted by molar-refractivity contribution is -0.186. The number of hydrogen-bond donors (Lipinski definition) is 2. The van der Waals surface area contributed by atoms with Crippen molar-refractivity contribution in [1.29, 1.82) is 0 Å². The van der Waals surface area contributed by atoms with Gasteiger partial charge in [0.05, 0.1) is 12.5 Å². The molecule has 0 spiro atoms. The number of benzene rings is 1. The molecule has 1 aromatic rings. The van der Waals surface area contributed by atoms with Crippen molar-refractivity contribution < 1.29 is 23.1 Å². The van der Waals surface area contributed by atoms with Crippen molar-refractivity contribution in [3.63, 3.8) is 0 Å². The molecule has 0 aliphatic heterocycles. The van der Waals surface area contributed by atoms with E-state index in [4.69, 9.17) is 5.11 Å². The van der Waals surface area contributed by atoms with Crippen molar-refractivity contribution in [2.75, 3.05) is 6.54 Å². The number of aliphatic hydroxyl groups is 1. The molecular formula is C17H22F3NO2. The fourth-order valence-corrected chi connectivity index (χ4v) is 3.01. The molecule has 2 atom stereocenters. The van der Waals surface area contributed by atoms with Crippen LogP contribution in [0.3, 0.4) is 0 Å². The number of alkyl halides is 3. The van der Waals surface area contributed by atoms with Gasteiger partial charge in [-0.15, -0.1) is 0 Å². The Morgan fingerprint density at radius 2 is 1.83 bits per heavy atom. The summed E-state index contributed by atoms with van der Waals surface area (Å²) in [4.78, 5) is 12.0. The van der Waals surface area contributed by atoms with Crippen LogP contribution in [-0.4, -0.2) is 23.7 Å². The molecule has 1 amide bonds. The number of aliphatic hydroxyl groups excluding tert-OH is 1. The molecule has 1 saturated carbocycles. The largest absolute Gasteiger partial charge is 0.392 e. The molecule has 1 aliphatic rings. The van der Waals surface area contributed by atoms with Crippen molar-refractivity contribution in [3.8, 4) is 0 Å². The number of carbonyl (C=O) groups excluding carboxylic acids is 1. The Balaban J connectivity index is 1.77. The van der Waals surface area contributed by atoms with Gasteiger partial charge in [0.15, 0.2) is 0 Å². The van der Waals surface area contributed by atoms with Crippen LogP contribution in [0.4, 0.5) is 13.2 Å². The van der Waals surface area contributed by atoms with E-state index in [2.05, 4.69) is 5.32 Å². The SMILES string of the molecule is O=C(NCCc1ccc(CO)cc1)C1CCCC(C(F)(F)F)C1. The van der Waals surface area contributed by atoms with Gasteiger partial charge in [-0.2, -0.15) is 13.2 Å². The molecule has 2 unspecified atom stereocenters. The summed E-state index contributed by atoms with van der Waals surface area (Å²) in [7, 11) is 0. The smallest absolute Gasteiger partial charge is 0.391 e. The van der Waals surface area contributed by atoms with Crippen LogP contribution in [-0.2, 0) is 17.8 Å². The first-order chi connectivity index (χ1) is 10.9. The van der Waals surface area contributed by atoms with Crippen LogP contribution < -0.4 is 5.32 Å². The van der Waals surface area contributed by atoms with Gasteiger partial charge in [0.2, 0.25) is 5.91 Å². The van der Waals surface area contributed by atoms with E-state index in [1.54, 1.807) is 0 Å². The van der Waals surface area contributed by atoms with Crippen molar-refractivity contribution in [2.45, 2.75) is 44.9 Å². The van der Waals surface area contributed by atoms with E-state index in [0.29, 0.717) is 25.8 Å². The topological polar surface area (TPSA) is 49.3 Å². The van der Waals surface area contributed by atoms with E-state index in [0.717, 1.165) is 11.1 Å². The van der Waals surface area contributed by atoms with Gasteiger partial charge in [0.25, 0.3) is 0 Å². The maximum atomic E-state index is 12.8. The van der Waals surface area contributed by atoms with Gasteiger partial charge in [-0.3, -0.25) is 4.79 Å². The van der Waals surface area contributed by atoms with E-state index >= 15 is 0 Å². The molecule has 0 saturated heterocycles. The number of amides is 1. The van der Waals surface area contributed by atoms with Crippen LogP contribution in [0.25, 0.3) is 0 Å². The summed E-state index contributed by atoms with van der Waals surface area (Å²) in [6.45, 7) is 0.392. The molecule has 1 fully saturated rings. The van der Waals surface area contributed by atoms with Gasteiger partial charge < -0.3 is 10.4 Å². The Morgan fingerprint density at radius 1 is 1.17 bits per heavy atom. The molecule has 0 aromatic heterocycles. The van der Waals surface area contributed by atoms with Crippen LogP contribution in [0.5, 0.6) is 0 Å². The number of carbonyl (C=O) groups is 1. The summed E-state index contributed by atoms with van der Waals surface area (Å²) in [5.41, 5.74) is 1.83. The predicted octanol–water partition coefficient (Wildman–Crippen LogP) is 3.21. The lowest BCUT2D eigenvalue weighted by atomic mass is 9.80. The Morgan fingerprint density at radius 3 is 2.43 bits per heavy atom. The standard InChI is InChI=1S/C17H22F3NO2/c18-17(19,20)15-3-1-2-14(10-15)16(23)21-9-8-12-4-6-13(11-22)7-5-12/h4-7,14-15,22H,1-3,8-11H2,(H,21,23). The summed E-state index contributed by atoms with van der Waals surface area (Å²) in [5.74, 6) is -2.16. The van der Waals surface area contributed by atoms with Crippen LogP contribution in [0.15, 0.2) is 24.3 Å². The molecule has 2 rings (SSSR count). The fraction of sp³-hybridized carbons (Fsp3) is 0.588. The Bertz CT molecular complexity index is 514. The third-order valence-electron chi connectivity index (χ3n) is 4.43. The molecule has 0 heterocycles. The van der Waals surface area contributed by atoms with Gasteiger partial charge in [-0.05, 0) is 36.8 Å². The number of hydrogen-bond acceptors (Lipinski definition) is 2. The van der Waals surface area contributed by atoms with Crippen LogP contribution in [0.1, 0.15) is 36.8 Å². The number of nitrogens with one attached hydrogen (secondary N) is 1. The molecular weight excluding hydrogens is 307 g/mol. The first kappa shape index (κ1) is 17.8. The van der Waals surface area contributed by atoms with Gasteiger partial charge >= 0.3 is 6.18 Å².